The molecule has 0 atom stereocenters. The number of benzene rings is 1. The normalized spacial score (nSPS) is 15.3. The zero-order valence-electron chi connectivity index (χ0n) is 12.7. The van der Waals surface area contributed by atoms with Gasteiger partial charge in [-0.2, -0.15) is 0 Å². The molecule has 0 amide bonds. The standard InChI is InChI=1S/C18H26N2/c1-3-14(4-2)13-20-10-9-16-6-5-15(11-18(16)20)12-19-17-7-8-17/h5-6,9-11,14,17,19H,3-4,7-8,12-13H2,1-2H3. The third-order valence-corrected chi connectivity index (χ3v) is 4.62. The smallest absolute Gasteiger partial charge is 0.0483 e. The largest absolute Gasteiger partial charge is 0.347 e. The van der Waals surface area contributed by atoms with Gasteiger partial charge in [0.1, 0.15) is 0 Å². The highest BCUT2D eigenvalue weighted by molar-refractivity contribution is 5.80. The fourth-order valence-corrected chi connectivity index (χ4v) is 2.87. The fraction of sp³-hybridized carbons (Fsp3) is 0.556. The quantitative estimate of drug-likeness (QED) is 0.792. The highest BCUT2D eigenvalue weighted by Gasteiger charge is 2.20. The molecule has 2 nitrogen and oxygen atoms in total. The van der Waals surface area contributed by atoms with Crippen LogP contribution in [0.5, 0.6) is 0 Å². The van der Waals surface area contributed by atoms with E-state index in [9.17, 15) is 0 Å². The van der Waals surface area contributed by atoms with Crippen LogP contribution in [0.4, 0.5) is 0 Å². The summed E-state index contributed by atoms with van der Waals surface area (Å²) in [5.74, 6) is 0.791. The summed E-state index contributed by atoms with van der Waals surface area (Å²) in [6.07, 6.45) is 7.49. The highest BCUT2D eigenvalue weighted by Crippen LogP contribution is 2.22. The fourth-order valence-electron chi connectivity index (χ4n) is 2.87. The van der Waals surface area contributed by atoms with E-state index in [2.05, 4.69) is 54.2 Å². The Hall–Kier alpha value is -1.28. The Kier molecular flexibility index (Phi) is 4.11. The van der Waals surface area contributed by atoms with Crippen LogP contribution in [0, 0.1) is 5.92 Å². The van der Waals surface area contributed by atoms with E-state index in [-0.39, 0.29) is 0 Å². The molecule has 1 aromatic heterocycles. The molecule has 3 rings (SSSR count). The summed E-state index contributed by atoms with van der Waals surface area (Å²) in [4.78, 5) is 0. The summed E-state index contributed by atoms with van der Waals surface area (Å²) >= 11 is 0. The molecule has 2 heteroatoms. The number of hydrogen-bond acceptors (Lipinski definition) is 1. The molecule has 1 heterocycles. The Morgan fingerprint density at radius 3 is 2.70 bits per heavy atom. The molecule has 1 fully saturated rings. The highest BCUT2D eigenvalue weighted by atomic mass is 15.0. The maximum absolute atomic E-state index is 3.60. The molecule has 0 radical (unpaired) electrons. The lowest BCUT2D eigenvalue weighted by Gasteiger charge is -2.14. The molecule has 0 aliphatic heterocycles. The SMILES string of the molecule is CCC(CC)Cn1ccc2ccc(CNC3CC3)cc21. The molecule has 0 unspecified atom stereocenters. The number of fused-ring (bicyclic) bond motifs is 1. The van der Waals surface area contributed by atoms with Crippen molar-refractivity contribution >= 4 is 10.9 Å². The lowest BCUT2D eigenvalue weighted by atomic mass is 10.0. The first-order valence-corrected chi connectivity index (χ1v) is 8.11. The molecule has 0 bridgehead atoms. The van der Waals surface area contributed by atoms with Crippen LogP contribution < -0.4 is 5.32 Å². The summed E-state index contributed by atoms with van der Waals surface area (Å²) in [6.45, 7) is 6.75. The minimum atomic E-state index is 0.780. The zero-order chi connectivity index (χ0) is 13.9. The molecule has 0 spiro atoms. The van der Waals surface area contributed by atoms with Crippen molar-refractivity contribution in [3.8, 4) is 0 Å². The van der Waals surface area contributed by atoms with Crippen molar-refractivity contribution in [2.45, 2.75) is 58.7 Å². The average Bonchev–Trinajstić information content (AvgIpc) is 3.23. The van der Waals surface area contributed by atoms with Gasteiger partial charge in [-0.05, 0) is 41.8 Å². The number of hydrogen-bond donors (Lipinski definition) is 1. The molecule has 1 N–H and O–H groups in total. The van der Waals surface area contributed by atoms with Gasteiger partial charge in [0, 0.05) is 30.8 Å². The van der Waals surface area contributed by atoms with Gasteiger partial charge >= 0.3 is 0 Å². The molecule has 1 aliphatic rings. The second-order valence-electron chi connectivity index (χ2n) is 6.20. The molecular formula is C18H26N2. The number of rotatable bonds is 7. The van der Waals surface area contributed by atoms with Crippen molar-refractivity contribution in [2.24, 2.45) is 5.92 Å². The van der Waals surface area contributed by atoms with Crippen LogP contribution >= 0.6 is 0 Å². The van der Waals surface area contributed by atoms with E-state index in [1.54, 1.807) is 0 Å². The van der Waals surface area contributed by atoms with Crippen molar-refractivity contribution in [2.75, 3.05) is 0 Å². The van der Waals surface area contributed by atoms with Gasteiger partial charge in [-0.3, -0.25) is 0 Å². The average molecular weight is 270 g/mol. The molecule has 1 aromatic carbocycles. The van der Waals surface area contributed by atoms with Gasteiger partial charge in [-0.15, -0.1) is 0 Å². The van der Waals surface area contributed by atoms with E-state index >= 15 is 0 Å². The third-order valence-electron chi connectivity index (χ3n) is 4.62. The van der Waals surface area contributed by atoms with Gasteiger partial charge in [0.05, 0.1) is 0 Å². The molecule has 1 saturated carbocycles. The van der Waals surface area contributed by atoms with Crippen LogP contribution in [0.3, 0.4) is 0 Å². The van der Waals surface area contributed by atoms with Gasteiger partial charge in [-0.1, -0.05) is 38.8 Å². The first-order valence-electron chi connectivity index (χ1n) is 8.11. The monoisotopic (exact) mass is 270 g/mol. The van der Waals surface area contributed by atoms with Crippen molar-refractivity contribution in [1.29, 1.82) is 0 Å². The van der Waals surface area contributed by atoms with Gasteiger partial charge in [0.15, 0.2) is 0 Å². The lowest BCUT2D eigenvalue weighted by molar-refractivity contribution is 0.425. The van der Waals surface area contributed by atoms with Gasteiger partial charge < -0.3 is 9.88 Å². The lowest BCUT2D eigenvalue weighted by Crippen LogP contribution is -2.15. The summed E-state index contributed by atoms with van der Waals surface area (Å²) in [5, 5.41) is 4.97. The van der Waals surface area contributed by atoms with Crippen molar-refractivity contribution in [3.05, 3.63) is 36.0 Å². The molecule has 0 saturated heterocycles. The number of aromatic nitrogens is 1. The van der Waals surface area contributed by atoms with Gasteiger partial charge in [-0.25, -0.2) is 0 Å². The molecule has 2 aromatic rings. The topological polar surface area (TPSA) is 17.0 Å². The summed E-state index contributed by atoms with van der Waals surface area (Å²) in [6, 6.07) is 9.92. The van der Waals surface area contributed by atoms with E-state index in [1.807, 2.05) is 0 Å². The summed E-state index contributed by atoms with van der Waals surface area (Å²) in [5.41, 5.74) is 2.81. The van der Waals surface area contributed by atoms with Gasteiger partial charge in [0.25, 0.3) is 0 Å². The third kappa shape index (κ3) is 3.06. The maximum atomic E-state index is 3.60. The number of nitrogens with one attached hydrogen (secondary N) is 1. The second kappa shape index (κ2) is 6.01. The number of nitrogens with zero attached hydrogens (tertiary/aromatic N) is 1. The van der Waals surface area contributed by atoms with Crippen molar-refractivity contribution in [1.82, 2.24) is 9.88 Å². The second-order valence-corrected chi connectivity index (χ2v) is 6.20. The maximum Gasteiger partial charge on any atom is 0.0483 e. The van der Waals surface area contributed by atoms with E-state index < -0.39 is 0 Å². The van der Waals surface area contributed by atoms with E-state index in [0.29, 0.717) is 0 Å². The predicted molar refractivity (Wildman–Crippen MR) is 85.9 cm³/mol. The van der Waals surface area contributed by atoms with Crippen LogP contribution in [0.15, 0.2) is 30.5 Å². The molecule has 20 heavy (non-hydrogen) atoms. The molecular weight excluding hydrogens is 244 g/mol. The predicted octanol–water partition coefficient (Wildman–Crippen LogP) is 4.33. The Balaban J connectivity index is 1.78. The van der Waals surface area contributed by atoms with Crippen LogP contribution in [0.1, 0.15) is 45.1 Å². The Bertz CT molecular complexity index is 562. The first-order chi connectivity index (χ1) is 9.80. The Morgan fingerprint density at radius 2 is 2.00 bits per heavy atom. The van der Waals surface area contributed by atoms with E-state index in [4.69, 9.17) is 0 Å². The first kappa shape index (κ1) is 13.7. The minimum absolute atomic E-state index is 0.780. The summed E-state index contributed by atoms with van der Waals surface area (Å²) < 4.78 is 2.44. The zero-order valence-corrected chi connectivity index (χ0v) is 12.7. The minimum Gasteiger partial charge on any atom is -0.347 e. The Morgan fingerprint density at radius 1 is 1.20 bits per heavy atom. The van der Waals surface area contributed by atoms with Crippen molar-refractivity contribution in [3.63, 3.8) is 0 Å². The molecule has 1 aliphatic carbocycles. The van der Waals surface area contributed by atoms with Crippen LogP contribution in [0.25, 0.3) is 10.9 Å². The molecule has 108 valence electrons. The van der Waals surface area contributed by atoms with E-state index in [0.717, 1.165) is 25.0 Å². The Labute approximate surface area is 122 Å². The van der Waals surface area contributed by atoms with Crippen LogP contribution in [0.2, 0.25) is 0 Å². The summed E-state index contributed by atoms with van der Waals surface area (Å²) in [7, 11) is 0. The van der Waals surface area contributed by atoms with Crippen molar-refractivity contribution < 1.29 is 0 Å². The van der Waals surface area contributed by atoms with Crippen LogP contribution in [-0.4, -0.2) is 10.6 Å². The van der Waals surface area contributed by atoms with Gasteiger partial charge in [0.2, 0.25) is 0 Å². The van der Waals surface area contributed by atoms with E-state index in [1.165, 1.54) is 42.1 Å². The van der Waals surface area contributed by atoms with Crippen LogP contribution in [-0.2, 0) is 13.1 Å².